The Labute approximate surface area is 313 Å². The third-order valence-corrected chi connectivity index (χ3v) is 12.7. The number of nitrogens with one attached hydrogen (secondary N) is 3. The topological polar surface area (TPSA) is 236 Å². The number of nitrogens with two attached hydrogens (primary N) is 1. The molecule has 54 heavy (non-hydrogen) atoms. The highest BCUT2D eigenvalue weighted by molar-refractivity contribution is 7.91. The number of anilines is 1. The quantitative estimate of drug-likeness (QED) is 0.178. The molecule has 6 rings (SSSR count). The number of carbonyl (C=O) groups excluding carboxylic acids is 5. The average molecular weight is 765 g/mol. The molecule has 290 valence electrons. The number of aliphatic hydroxyl groups is 1. The maximum Gasteiger partial charge on any atom is 0.319 e. The number of Topliss-reactive ketones (excluding diaryl/α,β-unsaturated/α-hetero) is 1. The van der Waals surface area contributed by atoms with Crippen molar-refractivity contribution in [2.45, 2.75) is 101 Å². The van der Waals surface area contributed by atoms with Gasteiger partial charge in [-0.05, 0) is 61.9 Å². The molecule has 3 heterocycles. The van der Waals surface area contributed by atoms with Crippen LogP contribution in [0.15, 0.2) is 48.7 Å². The van der Waals surface area contributed by atoms with E-state index in [0.29, 0.717) is 17.8 Å². The lowest BCUT2D eigenvalue weighted by atomic mass is 9.84. The molecule has 0 radical (unpaired) electrons. The van der Waals surface area contributed by atoms with E-state index < -0.39 is 80.1 Å². The fraction of sp³-hybridized carbons (Fsp3) is 0.541. The highest BCUT2D eigenvalue weighted by atomic mass is 32.2. The van der Waals surface area contributed by atoms with Gasteiger partial charge in [-0.3, -0.25) is 19.2 Å². The van der Waals surface area contributed by atoms with E-state index in [-0.39, 0.29) is 31.7 Å². The number of urea groups is 1. The second kappa shape index (κ2) is 15.5. The number of ketones is 1. The van der Waals surface area contributed by atoms with Gasteiger partial charge >= 0.3 is 6.03 Å². The number of carbonyl (C=O) groups is 5. The summed E-state index contributed by atoms with van der Waals surface area (Å²) in [7, 11) is -3.53. The van der Waals surface area contributed by atoms with Crippen LogP contribution in [0.4, 0.5) is 10.5 Å². The summed E-state index contributed by atoms with van der Waals surface area (Å²) in [5.74, 6) is -4.53. The highest BCUT2D eigenvalue weighted by Crippen LogP contribution is 2.35. The van der Waals surface area contributed by atoms with Crippen molar-refractivity contribution in [3.63, 3.8) is 0 Å². The van der Waals surface area contributed by atoms with Crippen LogP contribution in [0.2, 0.25) is 0 Å². The van der Waals surface area contributed by atoms with Gasteiger partial charge in [-0.2, -0.15) is 0 Å². The number of primary amides is 1. The molecule has 1 saturated carbocycles. The number of rotatable bonds is 11. The molecule has 3 fully saturated rings. The molecule has 0 bridgehead atoms. The zero-order valence-corrected chi connectivity index (χ0v) is 31.3. The molecule has 1 aliphatic carbocycles. The summed E-state index contributed by atoms with van der Waals surface area (Å²) in [4.78, 5) is 69.4. The van der Waals surface area contributed by atoms with Gasteiger partial charge in [-0.25, -0.2) is 17.9 Å². The van der Waals surface area contributed by atoms with Crippen LogP contribution in [-0.2, 0) is 34.6 Å². The SMILES string of the molecule is CC(C)(O)c1cnnn1C1CC(C(=O)NC2(C(=O)C(N)=O)CCS(=O)(=O)CC2)N(C(=O)[C@@H](CC2CCCCC2)NC(=O)Nc2ccc3ccccc3c2)C1. The predicted molar refractivity (Wildman–Crippen MR) is 198 cm³/mol. The molecule has 3 aromatic rings. The second-order valence-electron chi connectivity index (χ2n) is 15.4. The van der Waals surface area contributed by atoms with Gasteiger partial charge < -0.3 is 31.7 Å². The zero-order chi connectivity index (χ0) is 38.8. The minimum Gasteiger partial charge on any atom is -0.384 e. The molecule has 1 aromatic heterocycles. The Morgan fingerprint density at radius 1 is 1.02 bits per heavy atom. The lowest BCUT2D eigenvalue weighted by Gasteiger charge is -2.37. The van der Waals surface area contributed by atoms with E-state index in [9.17, 15) is 37.5 Å². The first-order valence-corrected chi connectivity index (χ1v) is 20.2. The molecule has 5 amide bonds. The Balaban J connectivity index is 1.31. The fourth-order valence-corrected chi connectivity index (χ4v) is 9.58. The lowest BCUT2D eigenvalue weighted by molar-refractivity contribution is -0.145. The van der Waals surface area contributed by atoms with Gasteiger partial charge in [0.15, 0.2) is 9.84 Å². The number of fused-ring (bicyclic) bond motifs is 1. The Kier molecular flexibility index (Phi) is 11.1. The molecule has 17 heteroatoms. The number of sulfone groups is 1. The van der Waals surface area contributed by atoms with Crippen LogP contribution in [0.5, 0.6) is 0 Å². The van der Waals surface area contributed by atoms with Gasteiger partial charge in [0.05, 0.1) is 29.4 Å². The van der Waals surface area contributed by atoms with E-state index in [1.165, 1.54) is 15.8 Å². The number of amides is 5. The van der Waals surface area contributed by atoms with Gasteiger partial charge in [0.2, 0.25) is 17.6 Å². The molecule has 0 spiro atoms. The Morgan fingerprint density at radius 3 is 2.37 bits per heavy atom. The number of aromatic nitrogens is 3. The first-order chi connectivity index (χ1) is 25.5. The van der Waals surface area contributed by atoms with E-state index in [0.717, 1.165) is 42.9 Å². The van der Waals surface area contributed by atoms with Crippen LogP contribution >= 0.6 is 0 Å². The lowest BCUT2D eigenvalue weighted by Crippen LogP contribution is -2.64. The van der Waals surface area contributed by atoms with Gasteiger partial charge in [0.25, 0.3) is 5.91 Å². The standard InChI is InChI=1S/C37H48N8O8S/c1-36(2,51)30-21-39-43-45(30)27-20-29(33(48)42-37(31(46)32(38)47)14-16-54(52,53)17-15-37)44(22-27)34(49)28(18-23-8-4-3-5-9-23)41-35(50)40-26-13-12-24-10-6-7-11-25(24)19-26/h6-7,10-13,19,21,23,27-29,51H,3-5,8-9,14-18,20,22H2,1-2H3,(H2,38,47)(H,42,48)(H2,40,41,50)/t27?,28-,29?/m1/s1. The summed E-state index contributed by atoms with van der Waals surface area (Å²) >= 11 is 0. The minimum atomic E-state index is -3.53. The van der Waals surface area contributed by atoms with Gasteiger partial charge in [-0.1, -0.05) is 67.6 Å². The third kappa shape index (κ3) is 8.57. The largest absolute Gasteiger partial charge is 0.384 e. The van der Waals surface area contributed by atoms with Crippen molar-refractivity contribution >= 4 is 55.8 Å². The van der Waals surface area contributed by atoms with Crippen LogP contribution in [0.3, 0.4) is 0 Å². The molecular formula is C37H48N8O8S. The summed E-state index contributed by atoms with van der Waals surface area (Å²) in [5.41, 5.74) is 2.99. The Bertz CT molecular complexity index is 2020. The molecule has 2 aliphatic heterocycles. The smallest absolute Gasteiger partial charge is 0.319 e. The summed E-state index contributed by atoms with van der Waals surface area (Å²) < 4.78 is 26.1. The number of benzene rings is 2. The monoisotopic (exact) mass is 764 g/mol. The normalized spacial score (nSPS) is 21.9. The summed E-state index contributed by atoms with van der Waals surface area (Å²) in [6.45, 7) is 3.04. The summed E-state index contributed by atoms with van der Waals surface area (Å²) in [5, 5.41) is 29.3. The molecule has 2 aromatic carbocycles. The Morgan fingerprint density at radius 2 is 1.70 bits per heavy atom. The molecule has 3 aliphatic rings. The molecule has 2 saturated heterocycles. The molecule has 2 unspecified atom stereocenters. The summed E-state index contributed by atoms with van der Waals surface area (Å²) in [6, 6.07) is 9.62. The van der Waals surface area contributed by atoms with E-state index in [2.05, 4.69) is 26.3 Å². The molecule has 16 nitrogen and oxygen atoms in total. The van der Waals surface area contributed by atoms with Gasteiger partial charge in [0.1, 0.15) is 23.2 Å². The van der Waals surface area contributed by atoms with Crippen LogP contribution in [0, 0.1) is 5.92 Å². The molecule has 6 N–H and O–H groups in total. The van der Waals surface area contributed by atoms with E-state index in [1.807, 2.05) is 36.4 Å². The zero-order valence-electron chi connectivity index (χ0n) is 30.5. The van der Waals surface area contributed by atoms with Gasteiger partial charge in [0, 0.05) is 18.7 Å². The Hall–Kier alpha value is -4.90. The maximum atomic E-state index is 14.8. The van der Waals surface area contributed by atoms with E-state index >= 15 is 0 Å². The molecule has 3 atom stereocenters. The van der Waals surface area contributed by atoms with Crippen molar-refractivity contribution in [1.29, 1.82) is 0 Å². The van der Waals surface area contributed by atoms with E-state index in [1.54, 1.807) is 19.9 Å². The van der Waals surface area contributed by atoms with Crippen LogP contribution in [0.1, 0.15) is 83.4 Å². The average Bonchev–Trinajstić information content (AvgIpc) is 3.81. The molecular weight excluding hydrogens is 717 g/mol. The van der Waals surface area contributed by atoms with Crippen molar-refractivity contribution in [2.24, 2.45) is 11.7 Å². The number of hydrogen-bond acceptors (Lipinski definition) is 10. The van der Waals surface area contributed by atoms with Crippen LogP contribution in [-0.4, -0.2) is 98.6 Å². The number of hydrogen-bond donors (Lipinski definition) is 5. The minimum absolute atomic E-state index is 0.0252. The van der Waals surface area contributed by atoms with Crippen molar-refractivity contribution in [3.8, 4) is 0 Å². The third-order valence-electron chi connectivity index (χ3n) is 11.0. The summed E-state index contributed by atoms with van der Waals surface area (Å²) in [6.07, 6.45) is 5.77. The fourth-order valence-electron chi connectivity index (χ4n) is 8.06. The highest BCUT2D eigenvalue weighted by Gasteiger charge is 2.50. The van der Waals surface area contributed by atoms with Crippen LogP contribution < -0.4 is 21.7 Å². The van der Waals surface area contributed by atoms with Crippen molar-refractivity contribution in [3.05, 3.63) is 54.4 Å². The second-order valence-corrected chi connectivity index (χ2v) is 17.7. The van der Waals surface area contributed by atoms with Crippen molar-refractivity contribution in [2.75, 3.05) is 23.4 Å². The van der Waals surface area contributed by atoms with Crippen LogP contribution in [0.25, 0.3) is 10.8 Å². The first-order valence-electron chi connectivity index (χ1n) is 18.4. The number of likely N-dealkylation sites (tertiary alicyclic amines) is 1. The maximum absolute atomic E-state index is 14.8. The van der Waals surface area contributed by atoms with Gasteiger partial charge in [-0.15, -0.1) is 5.10 Å². The first kappa shape index (κ1) is 38.8. The predicted octanol–water partition coefficient (Wildman–Crippen LogP) is 2.08. The van der Waals surface area contributed by atoms with Crippen molar-refractivity contribution in [1.82, 2.24) is 30.5 Å². The van der Waals surface area contributed by atoms with Crippen molar-refractivity contribution < 1.29 is 37.5 Å². The van der Waals surface area contributed by atoms with E-state index in [4.69, 9.17) is 5.73 Å². The number of nitrogens with zero attached hydrogens (tertiary/aromatic N) is 4.